The van der Waals surface area contributed by atoms with Gasteiger partial charge in [0.05, 0.1) is 0 Å². The Morgan fingerprint density at radius 1 is 1.23 bits per heavy atom. The van der Waals surface area contributed by atoms with E-state index < -0.39 is 0 Å². The number of aryl methyl sites for hydroxylation is 1. The van der Waals surface area contributed by atoms with Crippen molar-refractivity contribution in [3.8, 4) is 5.75 Å². The molecule has 4 nitrogen and oxygen atoms in total. The van der Waals surface area contributed by atoms with Gasteiger partial charge in [-0.05, 0) is 24.6 Å². The zero-order valence-corrected chi connectivity index (χ0v) is 12.6. The Hall–Kier alpha value is -2.75. The van der Waals surface area contributed by atoms with E-state index in [-0.39, 0.29) is 6.03 Å². The molecule has 0 aromatic heterocycles. The second-order valence-corrected chi connectivity index (χ2v) is 4.92. The van der Waals surface area contributed by atoms with E-state index in [4.69, 9.17) is 4.74 Å². The molecule has 22 heavy (non-hydrogen) atoms. The highest BCUT2D eigenvalue weighted by Gasteiger charge is 2.03. The molecular formula is C18H20N2O2. The van der Waals surface area contributed by atoms with E-state index in [0.717, 1.165) is 5.56 Å². The number of carbonyl (C=O) groups is 1. The zero-order valence-electron chi connectivity index (χ0n) is 12.6. The third-order valence-electron chi connectivity index (χ3n) is 3.03. The minimum Gasteiger partial charge on any atom is -0.489 e. The van der Waals surface area contributed by atoms with Crippen LogP contribution in [0.5, 0.6) is 5.75 Å². The van der Waals surface area contributed by atoms with E-state index in [1.165, 1.54) is 5.56 Å². The van der Waals surface area contributed by atoms with Crippen LogP contribution in [0.25, 0.3) is 0 Å². The summed E-state index contributed by atoms with van der Waals surface area (Å²) in [4.78, 5) is 11.9. The molecule has 0 saturated heterocycles. The Morgan fingerprint density at radius 3 is 2.73 bits per heavy atom. The molecule has 2 amide bonds. The zero-order chi connectivity index (χ0) is 15.8. The number of nitrogens with one attached hydrogen (secondary N) is 2. The quantitative estimate of drug-likeness (QED) is 0.795. The normalized spacial score (nSPS) is 9.86. The lowest BCUT2D eigenvalue weighted by Crippen LogP contribution is -2.28. The largest absolute Gasteiger partial charge is 0.489 e. The number of hydrogen-bond acceptors (Lipinski definition) is 2. The Balaban J connectivity index is 1.86. The van der Waals surface area contributed by atoms with Crippen molar-refractivity contribution in [2.45, 2.75) is 13.5 Å². The van der Waals surface area contributed by atoms with Crippen LogP contribution >= 0.6 is 0 Å². The second kappa shape index (κ2) is 7.88. The third kappa shape index (κ3) is 4.98. The van der Waals surface area contributed by atoms with Crippen molar-refractivity contribution in [2.24, 2.45) is 0 Å². The van der Waals surface area contributed by atoms with E-state index in [0.29, 0.717) is 24.6 Å². The molecule has 114 valence electrons. The molecule has 0 spiro atoms. The van der Waals surface area contributed by atoms with Crippen LogP contribution in [0.15, 0.2) is 61.2 Å². The lowest BCUT2D eigenvalue weighted by Gasteiger charge is -2.09. The van der Waals surface area contributed by atoms with E-state index in [9.17, 15) is 4.79 Å². The van der Waals surface area contributed by atoms with Crippen molar-refractivity contribution in [3.05, 3.63) is 72.3 Å². The number of ether oxygens (including phenoxy) is 1. The Bertz CT molecular complexity index is 636. The molecule has 0 aliphatic rings. The maximum Gasteiger partial charge on any atom is 0.319 e. The molecule has 2 rings (SSSR count). The average Bonchev–Trinajstić information content (AvgIpc) is 2.53. The lowest BCUT2D eigenvalue weighted by molar-refractivity contribution is 0.251. The first-order chi connectivity index (χ1) is 10.7. The first-order valence-corrected chi connectivity index (χ1v) is 7.11. The van der Waals surface area contributed by atoms with Gasteiger partial charge in [0.25, 0.3) is 0 Å². The topological polar surface area (TPSA) is 50.4 Å². The first-order valence-electron chi connectivity index (χ1n) is 7.11. The van der Waals surface area contributed by atoms with E-state index >= 15 is 0 Å². The average molecular weight is 296 g/mol. The molecule has 0 saturated carbocycles. The van der Waals surface area contributed by atoms with Crippen LogP contribution in [0.4, 0.5) is 10.5 Å². The van der Waals surface area contributed by atoms with Crippen LogP contribution in [0.1, 0.15) is 11.1 Å². The predicted octanol–water partition coefficient (Wildman–Crippen LogP) is 3.88. The number of amides is 2. The molecule has 0 bridgehead atoms. The maximum atomic E-state index is 11.9. The molecule has 0 fully saturated rings. The summed E-state index contributed by atoms with van der Waals surface area (Å²) in [6, 6.07) is 15.0. The van der Waals surface area contributed by atoms with Crippen LogP contribution in [0.2, 0.25) is 0 Å². The molecule has 4 heteroatoms. The second-order valence-electron chi connectivity index (χ2n) is 4.92. The Morgan fingerprint density at radius 2 is 2.00 bits per heavy atom. The molecular weight excluding hydrogens is 276 g/mol. The first kappa shape index (κ1) is 15.6. The number of carbonyl (C=O) groups excluding carboxylic acids is 1. The maximum absolute atomic E-state index is 11.9. The fourth-order valence-corrected chi connectivity index (χ4v) is 1.88. The van der Waals surface area contributed by atoms with Gasteiger partial charge >= 0.3 is 6.03 Å². The predicted molar refractivity (Wildman–Crippen MR) is 89.2 cm³/mol. The van der Waals surface area contributed by atoms with Gasteiger partial charge in [0.15, 0.2) is 0 Å². The summed E-state index contributed by atoms with van der Waals surface area (Å²) in [5, 5.41) is 5.61. The highest BCUT2D eigenvalue weighted by Crippen LogP contribution is 2.17. The third-order valence-corrected chi connectivity index (χ3v) is 3.03. The number of hydrogen-bond donors (Lipinski definition) is 2. The van der Waals surface area contributed by atoms with E-state index in [2.05, 4.69) is 17.2 Å². The highest BCUT2D eigenvalue weighted by atomic mass is 16.5. The standard InChI is InChI=1S/C18H20N2O2/c1-3-11-22-17-6-4-5-16(12-17)20-18(21)19-13-15-9-7-14(2)8-10-15/h3-10,12H,1,11,13H2,2H3,(H2,19,20,21). The van der Waals surface area contributed by atoms with Gasteiger partial charge in [-0.2, -0.15) is 0 Å². The summed E-state index contributed by atoms with van der Waals surface area (Å²) in [6.45, 7) is 6.55. The highest BCUT2D eigenvalue weighted by molar-refractivity contribution is 5.89. The number of benzene rings is 2. The van der Waals surface area contributed by atoms with Crippen LogP contribution in [0, 0.1) is 6.92 Å². The van der Waals surface area contributed by atoms with Gasteiger partial charge in [0, 0.05) is 18.3 Å². The van der Waals surface area contributed by atoms with Crippen molar-refractivity contribution in [1.29, 1.82) is 0 Å². The molecule has 0 aliphatic heterocycles. The molecule has 0 atom stereocenters. The summed E-state index contributed by atoms with van der Waals surface area (Å²) in [6.07, 6.45) is 1.67. The van der Waals surface area contributed by atoms with Crippen LogP contribution in [-0.2, 0) is 6.54 Å². The van der Waals surface area contributed by atoms with Gasteiger partial charge in [-0.1, -0.05) is 48.6 Å². The van der Waals surface area contributed by atoms with Crippen LogP contribution in [-0.4, -0.2) is 12.6 Å². The van der Waals surface area contributed by atoms with Crippen LogP contribution < -0.4 is 15.4 Å². The van der Waals surface area contributed by atoms with E-state index in [1.54, 1.807) is 12.1 Å². The van der Waals surface area contributed by atoms with Crippen molar-refractivity contribution in [2.75, 3.05) is 11.9 Å². The number of anilines is 1. The van der Waals surface area contributed by atoms with Gasteiger partial charge in [0.2, 0.25) is 0 Å². The summed E-state index contributed by atoms with van der Waals surface area (Å²) in [7, 11) is 0. The fraction of sp³-hybridized carbons (Fsp3) is 0.167. The lowest BCUT2D eigenvalue weighted by atomic mass is 10.1. The summed E-state index contributed by atoms with van der Waals surface area (Å²) in [5.74, 6) is 0.691. The molecule has 2 N–H and O–H groups in total. The SMILES string of the molecule is C=CCOc1cccc(NC(=O)NCc2ccc(C)cc2)c1. The van der Waals surface area contributed by atoms with Crippen molar-refractivity contribution >= 4 is 11.7 Å². The molecule has 0 aliphatic carbocycles. The molecule has 2 aromatic rings. The van der Waals surface area contributed by atoms with Crippen molar-refractivity contribution in [1.82, 2.24) is 5.32 Å². The monoisotopic (exact) mass is 296 g/mol. The minimum atomic E-state index is -0.249. The summed E-state index contributed by atoms with van der Waals surface area (Å²) >= 11 is 0. The number of rotatable bonds is 6. The molecule has 0 radical (unpaired) electrons. The van der Waals surface area contributed by atoms with Crippen LogP contribution in [0.3, 0.4) is 0 Å². The molecule has 0 unspecified atom stereocenters. The van der Waals surface area contributed by atoms with E-state index in [1.807, 2.05) is 49.4 Å². The molecule has 2 aromatic carbocycles. The van der Waals surface area contributed by atoms with Gasteiger partial charge in [-0.3, -0.25) is 0 Å². The fourth-order valence-electron chi connectivity index (χ4n) is 1.88. The summed E-state index contributed by atoms with van der Waals surface area (Å²) in [5.41, 5.74) is 2.94. The van der Waals surface area contributed by atoms with Crippen molar-refractivity contribution in [3.63, 3.8) is 0 Å². The van der Waals surface area contributed by atoms with Gasteiger partial charge in [-0.25, -0.2) is 4.79 Å². The van der Waals surface area contributed by atoms with Gasteiger partial charge in [-0.15, -0.1) is 0 Å². The Kier molecular flexibility index (Phi) is 5.60. The minimum absolute atomic E-state index is 0.249. The Labute approximate surface area is 130 Å². The smallest absolute Gasteiger partial charge is 0.319 e. The van der Waals surface area contributed by atoms with Gasteiger partial charge in [0.1, 0.15) is 12.4 Å². The molecule has 0 heterocycles. The number of urea groups is 1. The van der Waals surface area contributed by atoms with Crippen molar-refractivity contribution < 1.29 is 9.53 Å². The van der Waals surface area contributed by atoms with Gasteiger partial charge < -0.3 is 15.4 Å². The summed E-state index contributed by atoms with van der Waals surface area (Å²) < 4.78 is 5.43.